The molecule has 1 aliphatic rings. The first-order valence-corrected chi connectivity index (χ1v) is 11.5. The van der Waals surface area contributed by atoms with Crippen molar-refractivity contribution in [2.24, 2.45) is 4.99 Å². The van der Waals surface area contributed by atoms with Gasteiger partial charge in [0.15, 0.2) is 0 Å². The molecule has 30 heavy (non-hydrogen) atoms. The largest absolute Gasteiger partial charge is 0.344 e. The van der Waals surface area contributed by atoms with Crippen LogP contribution in [0.3, 0.4) is 0 Å². The first-order valence-electron chi connectivity index (χ1n) is 11.5. The highest BCUT2D eigenvalue weighted by Crippen LogP contribution is 2.24. The van der Waals surface area contributed by atoms with Crippen molar-refractivity contribution in [3.05, 3.63) is 65.3 Å². The van der Waals surface area contributed by atoms with E-state index in [-0.39, 0.29) is 5.41 Å². The Morgan fingerprint density at radius 1 is 1.03 bits per heavy atom. The van der Waals surface area contributed by atoms with E-state index in [0.717, 1.165) is 56.0 Å². The molecule has 0 atom stereocenters. The fourth-order valence-electron chi connectivity index (χ4n) is 3.71. The normalized spacial score (nSPS) is 14.9. The Hall–Kier alpha value is -2.13. The van der Waals surface area contributed by atoms with Crippen LogP contribution in [0.25, 0.3) is 5.70 Å². The van der Waals surface area contributed by atoms with Crippen LogP contribution in [-0.2, 0) is 5.41 Å². The van der Waals surface area contributed by atoms with Gasteiger partial charge in [-0.25, -0.2) is 0 Å². The lowest BCUT2D eigenvalue weighted by atomic mass is 9.86. The minimum absolute atomic E-state index is 0.168. The molecule has 0 saturated carbocycles. The number of nitrogens with zero attached hydrogens (tertiary/aromatic N) is 1. The van der Waals surface area contributed by atoms with E-state index >= 15 is 0 Å². The maximum absolute atomic E-state index is 4.64. The molecule has 1 aromatic carbocycles. The zero-order chi connectivity index (χ0) is 22.0. The lowest BCUT2D eigenvalue weighted by molar-refractivity contribution is 0.590. The van der Waals surface area contributed by atoms with Gasteiger partial charge in [-0.3, -0.25) is 4.99 Å². The molecular formula is C27H41N3. The third-order valence-corrected chi connectivity index (χ3v) is 5.60. The van der Waals surface area contributed by atoms with Gasteiger partial charge in [-0.05, 0) is 79.8 Å². The van der Waals surface area contributed by atoms with Gasteiger partial charge in [0.05, 0.1) is 5.84 Å². The van der Waals surface area contributed by atoms with E-state index in [1.807, 2.05) is 6.92 Å². The van der Waals surface area contributed by atoms with Crippen molar-refractivity contribution in [3.8, 4) is 0 Å². The molecule has 2 rings (SSSR count). The lowest BCUT2D eigenvalue weighted by Gasteiger charge is -2.19. The number of nitrogens with one attached hydrogen (secondary N) is 2. The topological polar surface area (TPSA) is 36.4 Å². The van der Waals surface area contributed by atoms with Crippen molar-refractivity contribution >= 4 is 11.5 Å². The Kier molecular flexibility index (Phi) is 9.58. The van der Waals surface area contributed by atoms with Gasteiger partial charge >= 0.3 is 0 Å². The van der Waals surface area contributed by atoms with Crippen molar-refractivity contribution < 1.29 is 0 Å². The average Bonchev–Trinajstić information content (AvgIpc) is 2.72. The molecule has 0 aliphatic heterocycles. The number of hydrogen-bond donors (Lipinski definition) is 2. The van der Waals surface area contributed by atoms with Crippen LogP contribution in [-0.4, -0.2) is 25.5 Å². The first-order chi connectivity index (χ1) is 14.3. The van der Waals surface area contributed by atoms with E-state index in [1.54, 1.807) is 11.1 Å². The van der Waals surface area contributed by atoms with Crippen molar-refractivity contribution in [3.63, 3.8) is 0 Å². The number of aliphatic imine (C=N–C) groups is 1. The summed E-state index contributed by atoms with van der Waals surface area (Å²) in [4.78, 5) is 4.64. The molecule has 0 fully saturated rings. The van der Waals surface area contributed by atoms with Crippen LogP contribution < -0.4 is 10.6 Å². The maximum atomic E-state index is 4.64. The number of amidine groups is 1. The summed E-state index contributed by atoms with van der Waals surface area (Å²) in [6.45, 7) is 18.0. The van der Waals surface area contributed by atoms with E-state index in [4.69, 9.17) is 0 Å². The molecule has 0 amide bonds. The van der Waals surface area contributed by atoms with Gasteiger partial charge in [-0.2, -0.15) is 0 Å². The van der Waals surface area contributed by atoms with Crippen molar-refractivity contribution in [1.82, 2.24) is 10.6 Å². The second-order valence-corrected chi connectivity index (χ2v) is 9.14. The molecule has 0 unspecified atom stereocenters. The van der Waals surface area contributed by atoms with Crippen LogP contribution in [0.2, 0.25) is 0 Å². The van der Waals surface area contributed by atoms with Crippen LogP contribution in [0.4, 0.5) is 0 Å². The van der Waals surface area contributed by atoms with Gasteiger partial charge in [-0.15, -0.1) is 0 Å². The van der Waals surface area contributed by atoms with Gasteiger partial charge in [-0.1, -0.05) is 70.7 Å². The molecule has 0 bridgehead atoms. The SMILES string of the molecule is C=C(NC(C)=NCCCNCCC1=CCCC=C1CC)c1ccc(C(C)(C)C)cc1. The molecule has 3 nitrogen and oxygen atoms in total. The zero-order valence-electron chi connectivity index (χ0n) is 19.8. The van der Waals surface area contributed by atoms with Crippen LogP contribution in [0.15, 0.2) is 59.1 Å². The second-order valence-electron chi connectivity index (χ2n) is 9.14. The highest BCUT2D eigenvalue weighted by Gasteiger charge is 2.13. The fourth-order valence-corrected chi connectivity index (χ4v) is 3.71. The minimum Gasteiger partial charge on any atom is -0.344 e. The summed E-state index contributed by atoms with van der Waals surface area (Å²) >= 11 is 0. The van der Waals surface area contributed by atoms with Crippen molar-refractivity contribution in [2.75, 3.05) is 19.6 Å². The third kappa shape index (κ3) is 7.95. The van der Waals surface area contributed by atoms with Crippen LogP contribution >= 0.6 is 0 Å². The van der Waals surface area contributed by atoms with E-state index < -0.39 is 0 Å². The smallest absolute Gasteiger partial charge is 0.0975 e. The molecule has 1 aliphatic carbocycles. The Morgan fingerprint density at radius 2 is 1.70 bits per heavy atom. The first kappa shape index (κ1) is 24.1. The Balaban J connectivity index is 1.65. The zero-order valence-corrected chi connectivity index (χ0v) is 19.8. The monoisotopic (exact) mass is 407 g/mol. The van der Waals surface area contributed by atoms with Crippen LogP contribution in [0, 0.1) is 0 Å². The molecule has 164 valence electrons. The van der Waals surface area contributed by atoms with Crippen LogP contribution in [0.1, 0.15) is 77.8 Å². The highest BCUT2D eigenvalue weighted by molar-refractivity contribution is 5.88. The number of allylic oxidation sites excluding steroid dienone is 3. The van der Waals surface area contributed by atoms with Gasteiger partial charge < -0.3 is 10.6 Å². The molecular weight excluding hydrogens is 366 g/mol. The molecule has 1 aromatic rings. The second kappa shape index (κ2) is 11.9. The minimum atomic E-state index is 0.168. The van der Waals surface area contributed by atoms with Gasteiger partial charge in [0.25, 0.3) is 0 Å². The number of benzene rings is 1. The molecule has 2 N–H and O–H groups in total. The lowest BCUT2D eigenvalue weighted by Crippen LogP contribution is -2.20. The predicted molar refractivity (Wildman–Crippen MR) is 133 cm³/mol. The fraction of sp³-hybridized carbons (Fsp3) is 0.519. The summed E-state index contributed by atoms with van der Waals surface area (Å²) in [5, 5.41) is 6.89. The van der Waals surface area contributed by atoms with Crippen LogP contribution in [0.5, 0.6) is 0 Å². The van der Waals surface area contributed by atoms with Crippen molar-refractivity contribution in [1.29, 1.82) is 0 Å². The van der Waals surface area contributed by atoms with Gasteiger partial charge in [0, 0.05) is 12.2 Å². The quantitative estimate of drug-likeness (QED) is 0.268. The Labute approximate surface area is 184 Å². The number of hydrogen-bond acceptors (Lipinski definition) is 2. The summed E-state index contributed by atoms with van der Waals surface area (Å²) in [7, 11) is 0. The maximum Gasteiger partial charge on any atom is 0.0975 e. The molecule has 0 radical (unpaired) electrons. The summed E-state index contributed by atoms with van der Waals surface area (Å²) in [5.74, 6) is 0.921. The Bertz CT molecular complexity index is 773. The van der Waals surface area contributed by atoms with E-state index in [1.165, 1.54) is 18.4 Å². The van der Waals surface area contributed by atoms with Gasteiger partial charge in [0.2, 0.25) is 0 Å². The summed E-state index contributed by atoms with van der Waals surface area (Å²) in [5.41, 5.74) is 6.60. The average molecular weight is 408 g/mol. The van der Waals surface area contributed by atoms with E-state index in [9.17, 15) is 0 Å². The van der Waals surface area contributed by atoms with E-state index in [0.29, 0.717) is 0 Å². The summed E-state index contributed by atoms with van der Waals surface area (Å²) in [6.07, 6.45) is 10.6. The molecule has 3 heteroatoms. The summed E-state index contributed by atoms with van der Waals surface area (Å²) in [6, 6.07) is 8.63. The highest BCUT2D eigenvalue weighted by atomic mass is 15.0. The third-order valence-electron chi connectivity index (χ3n) is 5.60. The molecule has 0 saturated heterocycles. The van der Waals surface area contributed by atoms with E-state index in [2.05, 4.69) is 86.3 Å². The molecule has 0 spiro atoms. The Morgan fingerprint density at radius 3 is 2.33 bits per heavy atom. The predicted octanol–water partition coefficient (Wildman–Crippen LogP) is 6.39. The molecule has 0 heterocycles. The number of rotatable bonds is 10. The summed E-state index contributed by atoms with van der Waals surface area (Å²) < 4.78 is 0. The van der Waals surface area contributed by atoms with Crippen molar-refractivity contribution in [2.45, 2.75) is 72.1 Å². The molecule has 0 aromatic heterocycles. The van der Waals surface area contributed by atoms with Gasteiger partial charge in [0.1, 0.15) is 0 Å². The standard InChI is InChI=1S/C27H41N3/c1-7-23-11-8-9-12-25(23)17-20-28-18-10-19-29-22(3)30-21(2)24-13-15-26(16-14-24)27(4,5)6/h11-16,28H,2,7-10,17-20H2,1,3-6H3,(H,29,30).